The van der Waals surface area contributed by atoms with Crippen LogP contribution in [0.3, 0.4) is 0 Å². The van der Waals surface area contributed by atoms with Gasteiger partial charge in [-0.3, -0.25) is 15.0 Å². The van der Waals surface area contributed by atoms with E-state index in [1.807, 2.05) is 19.1 Å². The molecule has 1 atom stereocenters. The van der Waals surface area contributed by atoms with Crippen molar-refractivity contribution in [3.05, 3.63) is 59.2 Å². The van der Waals surface area contributed by atoms with Gasteiger partial charge >= 0.3 is 6.03 Å². The number of nitrogens with zero attached hydrogens (tertiary/aromatic N) is 1. The number of benzene rings is 2. The number of urea groups is 1. The van der Waals surface area contributed by atoms with Crippen molar-refractivity contribution >= 4 is 17.8 Å². The molecule has 3 rings (SSSR count). The number of aryl methyl sites for hydroxylation is 1. The van der Waals surface area contributed by atoms with E-state index < -0.39 is 23.4 Å². The highest BCUT2D eigenvalue weighted by molar-refractivity contribution is 6.08. The molecule has 4 amide bonds. The summed E-state index contributed by atoms with van der Waals surface area (Å²) in [7, 11) is 1.51. The van der Waals surface area contributed by atoms with Crippen LogP contribution in [0.2, 0.25) is 0 Å². The molecule has 0 bridgehead atoms. The second-order valence-corrected chi connectivity index (χ2v) is 7.92. The van der Waals surface area contributed by atoms with Gasteiger partial charge in [-0.15, -0.1) is 0 Å². The Morgan fingerprint density at radius 3 is 2.55 bits per heavy atom. The van der Waals surface area contributed by atoms with Crippen LogP contribution >= 0.6 is 0 Å². The summed E-state index contributed by atoms with van der Waals surface area (Å²) in [5, 5.41) is 3.31. The lowest BCUT2D eigenvalue weighted by atomic mass is 9.92. The lowest BCUT2D eigenvalue weighted by molar-refractivity contribution is -0.139. The van der Waals surface area contributed by atoms with E-state index in [0.29, 0.717) is 28.0 Å². The number of rotatable bonds is 7. The first-order chi connectivity index (χ1) is 14.7. The fourth-order valence-electron chi connectivity index (χ4n) is 3.56. The average molecular weight is 425 g/mol. The van der Waals surface area contributed by atoms with Crippen molar-refractivity contribution < 1.29 is 23.9 Å². The monoisotopic (exact) mass is 425 g/mol. The van der Waals surface area contributed by atoms with Gasteiger partial charge in [-0.2, -0.15) is 5.01 Å². The number of hydrogen-bond donors (Lipinski definition) is 2. The topological polar surface area (TPSA) is 97.0 Å². The molecule has 2 aromatic carbocycles. The fourth-order valence-corrected chi connectivity index (χ4v) is 3.56. The predicted octanol–water partition coefficient (Wildman–Crippen LogP) is 3.00. The van der Waals surface area contributed by atoms with Crippen molar-refractivity contribution in [3.8, 4) is 11.5 Å². The SMILES string of the molecule is COc1cccc([C@@]2(C)NC(=O)N(NC(=O)COc3ccc(C(C)C)c(C)c3)C2=O)c1. The molecule has 1 aliphatic rings. The van der Waals surface area contributed by atoms with Gasteiger partial charge in [0.2, 0.25) is 0 Å². The maximum atomic E-state index is 12.9. The molecule has 1 aliphatic heterocycles. The van der Waals surface area contributed by atoms with Crippen molar-refractivity contribution in [1.82, 2.24) is 15.8 Å². The van der Waals surface area contributed by atoms with Gasteiger partial charge in [0.05, 0.1) is 7.11 Å². The van der Waals surface area contributed by atoms with Crippen molar-refractivity contribution in [2.45, 2.75) is 39.2 Å². The number of carbonyl (C=O) groups excluding carboxylic acids is 3. The van der Waals surface area contributed by atoms with E-state index in [1.54, 1.807) is 37.3 Å². The lowest BCUT2D eigenvalue weighted by Gasteiger charge is -2.22. The maximum Gasteiger partial charge on any atom is 0.344 e. The normalized spacial score (nSPS) is 18.2. The van der Waals surface area contributed by atoms with Gasteiger partial charge in [0.15, 0.2) is 6.61 Å². The molecule has 0 saturated carbocycles. The van der Waals surface area contributed by atoms with E-state index in [4.69, 9.17) is 9.47 Å². The molecule has 31 heavy (non-hydrogen) atoms. The van der Waals surface area contributed by atoms with E-state index in [0.717, 1.165) is 5.56 Å². The molecule has 8 heteroatoms. The molecule has 8 nitrogen and oxygen atoms in total. The van der Waals surface area contributed by atoms with Crippen LogP contribution in [-0.4, -0.2) is 36.6 Å². The average Bonchev–Trinajstić information content (AvgIpc) is 2.96. The Morgan fingerprint density at radius 2 is 1.90 bits per heavy atom. The first-order valence-electron chi connectivity index (χ1n) is 9.99. The number of hydrazine groups is 1. The van der Waals surface area contributed by atoms with Crippen molar-refractivity contribution in [3.63, 3.8) is 0 Å². The van der Waals surface area contributed by atoms with Gasteiger partial charge in [0, 0.05) is 0 Å². The Labute approximate surface area is 181 Å². The molecule has 0 unspecified atom stereocenters. The second-order valence-electron chi connectivity index (χ2n) is 7.92. The molecule has 1 saturated heterocycles. The zero-order valence-electron chi connectivity index (χ0n) is 18.3. The van der Waals surface area contributed by atoms with Gasteiger partial charge in [-0.25, -0.2) is 4.79 Å². The van der Waals surface area contributed by atoms with Gasteiger partial charge in [0.25, 0.3) is 11.8 Å². The molecular weight excluding hydrogens is 398 g/mol. The summed E-state index contributed by atoms with van der Waals surface area (Å²) in [6, 6.07) is 11.7. The van der Waals surface area contributed by atoms with Crippen molar-refractivity contribution in [2.24, 2.45) is 0 Å². The molecule has 164 valence electrons. The van der Waals surface area contributed by atoms with Gasteiger partial charge < -0.3 is 14.8 Å². The number of ether oxygens (including phenoxy) is 2. The fraction of sp³-hybridized carbons (Fsp3) is 0.348. The van der Waals surface area contributed by atoms with Crippen molar-refractivity contribution in [2.75, 3.05) is 13.7 Å². The number of hydrogen-bond acceptors (Lipinski definition) is 5. The summed E-state index contributed by atoms with van der Waals surface area (Å²) in [5.74, 6) is 0.252. The Hall–Kier alpha value is -3.55. The van der Waals surface area contributed by atoms with Crippen LogP contribution in [0.1, 0.15) is 43.4 Å². The van der Waals surface area contributed by atoms with E-state index in [-0.39, 0.29) is 6.61 Å². The van der Waals surface area contributed by atoms with Gasteiger partial charge in [0.1, 0.15) is 17.0 Å². The summed E-state index contributed by atoms with van der Waals surface area (Å²) in [6.45, 7) is 7.42. The highest BCUT2D eigenvalue weighted by atomic mass is 16.5. The molecule has 1 heterocycles. The minimum atomic E-state index is -1.33. The van der Waals surface area contributed by atoms with Crippen LogP contribution in [0.5, 0.6) is 11.5 Å². The minimum Gasteiger partial charge on any atom is -0.497 e. The molecule has 2 N–H and O–H groups in total. The highest BCUT2D eigenvalue weighted by Crippen LogP contribution is 2.30. The quantitative estimate of drug-likeness (QED) is 0.665. The number of methoxy groups -OCH3 is 1. The van der Waals surface area contributed by atoms with Gasteiger partial charge in [-0.1, -0.05) is 32.0 Å². The van der Waals surface area contributed by atoms with Crippen LogP contribution in [0.15, 0.2) is 42.5 Å². The smallest absolute Gasteiger partial charge is 0.344 e. The number of nitrogens with one attached hydrogen (secondary N) is 2. The Balaban J connectivity index is 1.65. The number of amides is 4. The van der Waals surface area contributed by atoms with Gasteiger partial charge in [-0.05, 0) is 60.7 Å². The Bertz CT molecular complexity index is 1020. The standard InChI is InChI=1S/C23H27N3O5/c1-14(2)19-10-9-18(11-15(19)3)31-13-20(27)25-26-21(28)23(4,24-22(26)29)16-7-6-8-17(12-16)30-5/h6-12,14H,13H2,1-5H3,(H,24,29)(H,25,27)/t23-/m1/s1. The number of imide groups is 1. The molecular formula is C23H27N3O5. The van der Waals surface area contributed by atoms with Crippen LogP contribution in [0.25, 0.3) is 0 Å². The zero-order chi connectivity index (χ0) is 22.8. The minimum absolute atomic E-state index is 0.340. The van der Waals surface area contributed by atoms with E-state index in [2.05, 4.69) is 24.6 Å². The van der Waals surface area contributed by atoms with E-state index >= 15 is 0 Å². The largest absolute Gasteiger partial charge is 0.497 e. The predicted molar refractivity (Wildman–Crippen MR) is 115 cm³/mol. The molecule has 2 aromatic rings. The summed E-state index contributed by atoms with van der Waals surface area (Å²) in [6.07, 6.45) is 0. The number of carbonyl (C=O) groups is 3. The molecule has 0 aromatic heterocycles. The molecule has 1 fully saturated rings. The Kier molecular flexibility index (Phi) is 6.19. The van der Waals surface area contributed by atoms with E-state index in [1.165, 1.54) is 12.7 Å². The van der Waals surface area contributed by atoms with Crippen LogP contribution in [-0.2, 0) is 15.1 Å². The molecule has 0 radical (unpaired) electrons. The third-order valence-electron chi connectivity index (χ3n) is 5.31. The Morgan fingerprint density at radius 1 is 1.16 bits per heavy atom. The summed E-state index contributed by atoms with van der Waals surface area (Å²) in [4.78, 5) is 37.7. The van der Waals surface area contributed by atoms with Crippen LogP contribution in [0.4, 0.5) is 4.79 Å². The summed E-state index contributed by atoms with van der Waals surface area (Å²) in [5.41, 5.74) is 3.80. The maximum absolute atomic E-state index is 12.9. The third-order valence-corrected chi connectivity index (χ3v) is 5.31. The molecule has 0 spiro atoms. The second kappa shape index (κ2) is 8.67. The van der Waals surface area contributed by atoms with Crippen LogP contribution in [0, 0.1) is 6.92 Å². The lowest BCUT2D eigenvalue weighted by Crippen LogP contribution is -2.49. The first kappa shape index (κ1) is 22.1. The van der Waals surface area contributed by atoms with E-state index in [9.17, 15) is 14.4 Å². The first-order valence-corrected chi connectivity index (χ1v) is 9.99. The summed E-state index contributed by atoms with van der Waals surface area (Å²) < 4.78 is 10.7. The highest BCUT2D eigenvalue weighted by Gasteiger charge is 2.50. The zero-order valence-corrected chi connectivity index (χ0v) is 18.3. The van der Waals surface area contributed by atoms with Crippen molar-refractivity contribution in [1.29, 1.82) is 0 Å². The van der Waals surface area contributed by atoms with Crippen LogP contribution < -0.4 is 20.2 Å². The summed E-state index contributed by atoms with van der Waals surface area (Å²) >= 11 is 0. The third kappa shape index (κ3) is 4.47. The molecule has 0 aliphatic carbocycles.